The number of para-hydroxylation sites is 1. The number of hydrogen-bond donors (Lipinski definition) is 2. The van der Waals surface area contributed by atoms with E-state index in [4.69, 9.17) is 21.1 Å². The van der Waals surface area contributed by atoms with Crippen LogP contribution in [-0.4, -0.2) is 25.0 Å². The minimum atomic E-state index is -0.192. The summed E-state index contributed by atoms with van der Waals surface area (Å²) in [5.74, 6) is 0.855. The lowest BCUT2D eigenvalue weighted by molar-refractivity contribution is -0.122. The molecule has 4 rings (SSSR count). The Kier molecular flexibility index (Phi) is 5.90. The number of anilines is 1. The minimum Gasteiger partial charge on any atom is -0.489 e. The van der Waals surface area contributed by atoms with Crippen molar-refractivity contribution in [3.8, 4) is 11.5 Å². The summed E-state index contributed by atoms with van der Waals surface area (Å²) in [6.45, 7) is 1.49. The average molecular weight is 415 g/mol. The highest BCUT2D eigenvalue weighted by atomic mass is 35.5. The first kappa shape index (κ1) is 19.6. The summed E-state index contributed by atoms with van der Waals surface area (Å²) in [6.07, 6.45) is 2.26. The molecule has 2 aliphatic heterocycles. The standard InChI is InChI=1S/C22H23ClN2O4/c23-17-10-14(11-19-21(17)29-9-3-8-28-19)13-24-20(26)7-6-16-12-15-4-1-2-5-18(15)25-22(16)27/h1-2,4-5,10-11,16H,3,6-9,12-13H2,(H,24,26)(H,25,27). The van der Waals surface area contributed by atoms with Gasteiger partial charge in [0, 0.05) is 31.0 Å². The molecule has 0 aromatic heterocycles. The van der Waals surface area contributed by atoms with Crippen molar-refractivity contribution in [2.24, 2.45) is 5.92 Å². The van der Waals surface area contributed by atoms with E-state index in [0.717, 1.165) is 23.2 Å². The molecule has 2 aromatic carbocycles. The van der Waals surface area contributed by atoms with Crippen LogP contribution in [0.1, 0.15) is 30.4 Å². The third kappa shape index (κ3) is 4.65. The van der Waals surface area contributed by atoms with E-state index in [1.165, 1.54) is 0 Å². The van der Waals surface area contributed by atoms with Crippen LogP contribution in [-0.2, 0) is 22.6 Å². The molecule has 0 radical (unpaired) electrons. The SMILES string of the molecule is O=C(CCC1Cc2ccccc2NC1=O)NCc1cc(Cl)c2c(c1)OCCCO2. The van der Waals surface area contributed by atoms with Crippen molar-refractivity contribution in [1.82, 2.24) is 5.32 Å². The van der Waals surface area contributed by atoms with Crippen LogP contribution in [0.25, 0.3) is 0 Å². The zero-order chi connectivity index (χ0) is 20.2. The number of rotatable bonds is 5. The fraction of sp³-hybridized carbons (Fsp3) is 0.364. The van der Waals surface area contributed by atoms with Crippen LogP contribution in [0.2, 0.25) is 5.02 Å². The second kappa shape index (κ2) is 8.74. The lowest BCUT2D eigenvalue weighted by Crippen LogP contribution is -2.31. The van der Waals surface area contributed by atoms with Gasteiger partial charge in [0.2, 0.25) is 11.8 Å². The van der Waals surface area contributed by atoms with E-state index in [1.807, 2.05) is 30.3 Å². The summed E-state index contributed by atoms with van der Waals surface area (Å²) in [6, 6.07) is 11.4. The number of carbonyl (C=O) groups is 2. The summed E-state index contributed by atoms with van der Waals surface area (Å²) < 4.78 is 11.3. The van der Waals surface area contributed by atoms with E-state index in [0.29, 0.717) is 55.5 Å². The van der Waals surface area contributed by atoms with Crippen molar-refractivity contribution in [2.75, 3.05) is 18.5 Å². The largest absolute Gasteiger partial charge is 0.489 e. The smallest absolute Gasteiger partial charge is 0.227 e. The molecule has 1 unspecified atom stereocenters. The first-order chi connectivity index (χ1) is 14.1. The van der Waals surface area contributed by atoms with Crippen molar-refractivity contribution in [1.29, 1.82) is 0 Å². The molecule has 2 aliphatic rings. The Bertz CT molecular complexity index is 931. The maximum Gasteiger partial charge on any atom is 0.227 e. The van der Waals surface area contributed by atoms with Gasteiger partial charge in [-0.05, 0) is 42.2 Å². The summed E-state index contributed by atoms with van der Waals surface area (Å²) in [5.41, 5.74) is 2.82. The summed E-state index contributed by atoms with van der Waals surface area (Å²) in [5, 5.41) is 6.30. The Morgan fingerprint density at radius 3 is 2.93 bits per heavy atom. The Morgan fingerprint density at radius 2 is 2.03 bits per heavy atom. The monoisotopic (exact) mass is 414 g/mol. The first-order valence-corrected chi connectivity index (χ1v) is 10.2. The molecule has 7 heteroatoms. The molecule has 0 spiro atoms. The molecule has 0 aliphatic carbocycles. The summed E-state index contributed by atoms with van der Waals surface area (Å²) in [7, 11) is 0. The molecule has 1 atom stereocenters. The van der Waals surface area contributed by atoms with Crippen LogP contribution in [0, 0.1) is 5.92 Å². The molecule has 2 aromatic rings. The number of fused-ring (bicyclic) bond motifs is 2. The highest BCUT2D eigenvalue weighted by molar-refractivity contribution is 6.32. The van der Waals surface area contributed by atoms with Gasteiger partial charge in [-0.25, -0.2) is 0 Å². The van der Waals surface area contributed by atoms with Crippen LogP contribution in [0.3, 0.4) is 0 Å². The van der Waals surface area contributed by atoms with Gasteiger partial charge in [-0.3, -0.25) is 9.59 Å². The van der Waals surface area contributed by atoms with Crippen LogP contribution >= 0.6 is 11.6 Å². The van der Waals surface area contributed by atoms with E-state index in [2.05, 4.69) is 10.6 Å². The lowest BCUT2D eigenvalue weighted by Gasteiger charge is -2.24. The van der Waals surface area contributed by atoms with Crippen LogP contribution < -0.4 is 20.1 Å². The number of ether oxygens (including phenoxy) is 2. The van der Waals surface area contributed by atoms with Gasteiger partial charge in [-0.15, -0.1) is 0 Å². The van der Waals surface area contributed by atoms with E-state index < -0.39 is 0 Å². The molecule has 0 saturated carbocycles. The predicted octanol–water partition coefficient (Wildman–Crippen LogP) is 3.71. The molecule has 0 saturated heterocycles. The van der Waals surface area contributed by atoms with E-state index in [9.17, 15) is 9.59 Å². The molecular weight excluding hydrogens is 392 g/mol. The Labute approximate surface area is 174 Å². The minimum absolute atomic E-state index is 0.0221. The van der Waals surface area contributed by atoms with Crippen molar-refractivity contribution in [2.45, 2.75) is 32.2 Å². The quantitative estimate of drug-likeness (QED) is 0.782. The molecule has 2 heterocycles. The van der Waals surface area contributed by atoms with Crippen LogP contribution in [0.15, 0.2) is 36.4 Å². The maximum absolute atomic E-state index is 12.3. The topological polar surface area (TPSA) is 76.7 Å². The number of nitrogens with one attached hydrogen (secondary N) is 2. The second-order valence-corrected chi connectivity index (χ2v) is 7.73. The molecule has 6 nitrogen and oxygen atoms in total. The van der Waals surface area contributed by atoms with Crippen LogP contribution in [0.5, 0.6) is 11.5 Å². The highest BCUT2D eigenvalue weighted by Gasteiger charge is 2.26. The fourth-order valence-electron chi connectivity index (χ4n) is 3.63. The lowest BCUT2D eigenvalue weighted by atomic mass is 9.89. The predicted molar refractivity (Wildman–Crippen MR) is 110 cm³/mol. The van der Waals surface area contributed by atoms with Crippen LogP contribution in [0.4, 0.5) is 5.69 Å². The van der Waals surface area contributed by atoms with Gasteiger partial charge in [0.15, 0.2) is 11.5 Å². The molecule has 2 N–H and O–H groups in total. The molecular formula is C22H23ClN2O4. The highest BCUT2D eigenvalue weighted by Crippen LogP contribution is 2.38. The zero-order valence-electron chi connectivity index (χ0n) is 16.0. The number of halogens is 1. The van der Waals surface area contributed by atoms with E-state index in [-0.39, 0.29) is 17.7 Å². The van der Waals surface area contributed by atoms with E-state index in [1.54, 1.807) is 6.07 Å². The van der Waals surface area contributed by atoms with Crippen molar-refractivity contribution in [3.63, 3.8) is 0 Å². The third-order valence-electron chi connectivity index (χ3n) is 5.18. The van der Waals surface area contributed by atoms with Gasteiger partial charge in [-0.1, -0.05) is 29.8 Å². The number of hydrogen-bond acceptors (Lipinski definition) is 4. The molecule has 2 amide bonds. The van der Waals surface area contributed by atoms with Gasteiger partial charge in [0.25, 0.3) is 0 Å². The molecule has 29 heavy (non-hydrogen) atoms. The average Bonchev–Trinajstić information content (AvgIpc) is 2.96. The molecule has 0 bridgehead atoms. The van der Waals surface area contributed by atoms with Gasteiger partial charge < -0.3 is 20.1 Å². The number of amides is 2. The summed E-state index contributed by atoms with van der Waals surface area (Å²) in [4.78, 5) is 24.6. The normalized spacial score (nSPS) is 17.7. The van der Waals surface area contributed by atoms with Gasteiger partial charge in [0.1, 0.15) is 0 Å². The second-order valence-electron chi connectivity index (χ2n) is 7.32. The Hall–Kier alpha value is -2.73. The zero-order valence-corrected chi connectivity index (χ0v) is 16.8. The Morgan fingerprint density at radius 1 is 1.21 bits per heavy atom. The van der Waals surface area contributed by atoms with Crippen molar-refractivity contribution in [3.05, 3.63) is 52.5 Å². The van der Waals surface area contributed by atoms with Crippen molar-refractivity contribution >= 4 is 29.1 Å². The van der Waals surface area contributed by atoms with E-state index >= 15 is 0 Å². The van der Waals surface area contributed by atoms with Gasteiger partial charge in [0.05, 0.1) is 18.2 Å². The number of benzene rings is 2. The van der Waals surface area contributed by atoms with Gasteiger partial charge >= 0.3 is 0 Å². The maximum atomic E-state index is 12.3. The fourth-order valence-corrected chi connectivity index (χ4v) is 3.91. The molecule has 152 valence electrons. The number of carbonyl (C=O) groups excluding carboxylic acids is 2. The third-order valence-corrected chi connectivity index (χ3v) is 5.46. The Balaban J connectivity index is 1.30. The molecule has 0 fully saturated rings. The first-order valence-electron chi connectivity index (χ1n) is 9.83. The van der Waals surface area contributed by atoms with Gasteiger partial charge in [-0.2, -0.15) is 0 Å². The van der Waals surface area contributed by atoms with Crippen molar-refractivity contribution < 1.29 is 19.1 Å². The summed E-state index contributed by atoms with van der Waals surface area (Å²) >= 11 is 6.29.